The number of halogens is 4. The van der Waals surface area contributed by atoms with E-state index in [1.807, 2.05) is 46.0 Å². The molecule has 2 aliphatic rings. The highest BCUT2D eigenvalue weighted by molar-refractivity contribution is 7.81. The first-order valence-electron chi connectivity index (χ1n) is 14.4. The normalized spacial score (nSPS) is 20.3. The highest BCUT2D eigenvalue weighted by Gasteiger charge is 2.43. The number of fused-ring (bicyclic) bond motifs is 1. The third kappa shape index (κ3) is 7.60. The Kier molecular flexibility index (Phi) is 11.6. The van der Waals surface area contributed by atoms with Crippen LogP contribution in [-0.2, 0) is 0 Å². The molecule has 2 aromatic heterocycles. The van der Waals surface area contributed by atoms with Crippen molar-refractivity contribution in [2.75, 3.05) is 18.4 Å². The molecule has 2 fully saturated rings. The average molecular weight is 595 g/mol. The lowest BCUT2D eigenvalue weighted by Crippen LogP contribution is -2.58. The molecule has 1 saturated heterocycles. The van der Waals surface area contributed by atoms with Gasteiger partial charge in [0.25, 0.3) is 0 Å². The van der Waals surface area contributed by atoms with Gasteiger partial charge >= 0.3 is 0 Å². The molecule has 1 saturated carbocycles. The Balaban J connectivity index is 0.000000598. The van der Waals surface area contributed by atoms with Crippen LogP contribution in [0.2, 0.25) is 0 Å². The van der Waals surface area contributed by atoms with Gasteiger partial charge in [-0.15, -0.1) is 5.10 Å². The number of aryl methyl sites for hydroxylation is 2. The maximum atomic E-state index is 15.0. The minimum Gasteiger partial charge on any atom is -0.347 e. The summed E-state index contributed by atoms with van der Waals surface area (Å²) in [6.07, 6.45) is 4.12. The van der Waals surface area contributed by atoms with Crippen LogP contribution in [0, 0.1) is 19.7 Å². The van der Waals surface area contributed by atoms with Crippen molar-refractivity contribution in [1.82, 2.24) is 19.5 Å². The van der Waals surface area contributed by atoms with Crippen LogP contribution in [0.3, 0.4) is 0 Å². The molecule has 1 aliphatic heterocycles. The Labute approximate surface area is 246 Å². The van der Waals surface area contributed by atoms with Gasteiger partial charge in [0.05, 0.1) is 22.1 Å². The Morgan fingerprint density at radius 2 is 1.93 bits per heavy atom. The van der Waals surface area contributed by atoms with E-state index in [0.29, 0.717) is 24.6 Å². The highest BCUT2D eigenvalue weighted by atomic mass is 32.1. The monoisotopic (exact) mass is 594 g/mol. The standard InChI is InChI=1S/C25H30F2N6S.C3H6F2.C2H6/c1-4-28-22-15(2)12-17(13-19(22)26)18-6-11-33-23(18)16(3)29-24(31-33)30-21-7-10-32(14-20(21)27)25(34)8-5-9-25;1-2-3(4)5;1-2/h4,6,11-13,20-21,34H,5,7-10,14H2,1-3H3,(H,30,31);3H,2H2,1H3;1-2H3. The molecule has 1 N–H and O–H groups in total. The molecule has 3 heterocycles. The van der Waals surface area contributed by atoms with Crippen molar-refractivity contribution in [3.8, 4) is 11.1 Å². The summed E-state index contributed by atoms with van der Waals surface area (Å²) in [6, 6.07) is 4.97. The van der Waals surface area contributed by atoms with Crippen molar-refractivity contribution in [3.63, 3.8) is 0 Å². The number of nitrogens with zero attached hydrogens (tertiary/aromatic N) is 5. The molecule has 11 heteroatoms. The molecule has 1 aromatic carbocycles. The molecule has 2 unspecified atom stereocenters. The Bertz CT molecular complexity index is 1300. The highest BCUT2D eigenvalue weighted by Crippen LogP contribution is 2.42. The second kappa shape index (κ2) is 14.5. The molecular formula is C30H42F4N6S. The number of aliphatic imine (C=N–C) groups is 1. The molecule has 2 atom stereocenters. The van der Waals surface area contributed by atoms with Crippen LogP contribution >= 0.6 is 12.6 Å². The Morgan fingerprint density at radius 1 is 1.24 bits per heavy atom. The number of thiol groups is 1. The van der Waals surface area contributed by atoms with Crippen LogP contribution in [0.1, 0.15) is 71.1 Å². The smallest absolute Gasteiger partial charge is 0.241 e. The van der Waals surface area contributed by atoms with Gasteiger partial charge in [0, 0.05) is 37.5 Å². The second-order valence-electron chi connectivity index (χ2n) is 10.2. The zero-order valence-electron chi connectivity index (χ0n) is 24.8. The number of hydrogen-bond donors (Lipinski definition) is 2. The van der Waals surface area contributed by atoms with E-state index in [9.17, 15) is 13.2 Å². The Morgan fingerprint density at radius 3 is 2.46 bits per heavy atom. The van der Waals surface area contributed by atoms with Crippen LogP contribution in [0.4, 0.5) is 29.2 Å². The fourth-order valence-corrected chi connectivity index (χ4v) is 5.60. The zero-order valence-corrected chi connectivity index (χ0v) is 25.7. The molecule has 0 bridgehead atoms. The van der Waals surface area contributed by atoms with Crippen molar-refractivity contribution in [1.29, 1.82) is 0 Å². The fourth-order valence-electron chi connectivity index (χ4n) is 5.10. The molecule has 226 valence electrons. The number of anilines is 1. The van der Waals surface area contributed by atoms with Crippen molar-refractivity contribution >= 4 is 36.0 Å². The van der Waals surface area contributed by atoms with Gasteiger partial charge in [0.1, 0.15) is 17.7 Å². The van der Waals surface area contributed by atoms with Gasteiger partial charge in [-0.05, 0) is 75.8 Å². The molecule has 6 nitrogen and oxygen atoms in total. The van der Waals surface area contributed by atoms with Gasteiger partial charge < -0.3 is 5.32 Å². The second-order valence-corrected chi connectivity index (χ2v) is 11.0. The lowest BCUT2D eigenvalue weighted by molar-refractivity contribution is 0.0361. The first-order valence-corrected chi connectivity index (χ1v) is 14.8. The number of likely N-dealkylation sites (tertiary alicyclic amines) is 1. The summed E-state index contributed by atoms with van der Waals surface area (Å²) < 4.78 is 53.0. The van der Waals surface area contributed by atoms with E-state index < -0.39 is 12.6 Å². The van der Waals surface area contributed by atoms with Crippen LogP contribution in [0.25, 0.3) is 16.6 Å². The first-order chi connectivity index (χ1) is 19.6. The molecular weight excluding hydrogens is 552 g/mol. The molecule has 0 radical (unpaired) electrons. The summed E-state index contributed by atoms with van der Waals surface area (Å²) in [5, 5.41) is 7.79. The van der Waals surface area contributed by atoms with E-state index in [-0.39, 0.29) is 23.2 Å². The van der Waals surface area contributed by atoms with Crippen molar-refractivity contribution in [2.45, 2.75) is 97.2 Å². The summed E-state index contributed by atoms with van der Waals surface area (Å²) in [4.78, 5) is 10.8. The van der Waals surface area contributed by atoms with Crippen molar-refractivity contribution in [2.24, 2.45) is 4.99 Å². The number of alkyl halides is 3. The van der Waals surface area contributed by atoms with Gasteiger partial charge in [-0.2, -0.15) is 12.6 Å². The zero-order chi connectivity index (χ0) is 30.3. The van der Waals surface area contributed by atoms with Crippen LogP contribution in [0.15, 0.2) is 29.4 Å². The molecule has 3 aromatic rings. The SMILES string of the molecule is CC.CC=Nc1c(C)cc(-c2ccn3nc(NC4CCN(C5(S)CCC5)CC4F)nc(C)c23)cc1F.CCC(F)F. The number of benzene rings is 1. The van der Waals surface area contributed by atoms with Crippen molar-refractivity contribution in [3.05, 3.63) is 41.5 Å². The number of nitrogens with one attached hydrogen (secondary N) is 1. The summed E-state index contributed by atoms with van der Waals surface area (Å²) >= 11 is 4.78. The summed E-state index contributed by atoms with van der Waals surface area (Å²) in [6.45, 7) is 12.1. The number of rotatable bonds is 6. The van der Waals surface area contributed by atoms with E-state index in [2.05, 4.69) is 25.3 Å². The lowest BCUT2D eigenvalue weighted by atomic mass is 9.88. The van der Waals surface area contributed by atoms with E-state index >= 15 is 4.39 Å². The Hall–Kier alpha value is -2.66. The molecule has 0 amide bonds. The largest absolute Gasteiger partial charge is 0.347 e. The third-order valence-electron chi connectivity index (χ3n) is 7.42. The number of hydrogen-bond acceptors (Lipinski definition) is 6. The predicted octanol–water partition coefficient (Wildman–Crippen LogP) is 8.20. The lowest BCUT2D eigenvalue weighted by Gasteiger charge is -2.50. The van der Waals surface area contributed by atoms with Crippen LogP contribution in [0.5, 0.6) is 0 Å². The van der Waals surface area contributed by atoms with E-state index in [1.165, 1.54) is 13.0 Å². The number of piperidine rings is 1. The first kappa shape index (κ1) is 32.8. The van der Waals surface area contributed by atoms with Crippen LogP contribution < -0.4 is 5.32 Å². The topological polar surface area (TPSA) is 57.8 Å². The molecule has 0 spiro atoms. The summed E-state index contributed by atoms with van der Waals surface area (Å²) in [5.41, 5.74) is 4.23. The average Bonchev–Trinajstić information content (AvgIpc) is 3.36. The summed E-state index contributed by atoms with van der Waals surface area (Å²) in [5.74, 6) is 0.0296. The van der Waals surface area contributed by atoms with Gasteiger partial charge in [-0.1, -0.05) is 20.8 Å². The third-order valence-corrected chi connectivity index (χ3v) is 8.15. The van der Waals surface area contributed by atoms with E-state index in [1.54, 1.807) is 17.7 Å². The maximum absolute atomic E-state index is 15.0. The number of aromatic nitrogens is 3. The minimum absolute atomic E-state index is 0.0278. The van der Waals surface area contributed by atoms with Gasteiger partial charge in [0.15, 0.2) is 0 Å². The van der Waals surface area contributed by atoms with E-state index in [4.69, 9.17) is 12.6 Å². The predicted molar refractivity (Wildman–Crippen MR) is 163 cm³/mol. The van der Waals surface area contributed by atoms with Crippen LogP contribution in [-0.4, -0.2) is 62.3 Å². The fraction of sp³-hybridized carbons (Fsp3) is 0.567. The van der Waals surface area contributed by atoms with Gasteiger partial charge in [-0.25, -0.2) is 27.1 Å². The van der Waals surface area contributed by atoms with Gasteiger partial charge in [-0.3, -0.25) is 9.89 Å². The summed E-state index contributed by atoms with van der Waals surface area (Å²) in [7, 11) is 0. The van der Waals surface area contributed by atoms with Gasteiger partial charge in [0.2, 0.25) is 12.4 Å². The minimum atomic E-state index is -2.12. The molecule has 1 aliphatic carbocycles. The van der Waals surface area contributed by atoms with Crippen molar-refractivity contribution < 1.29 is 17.6 Å². The molecule has 5 rings (SSSR count). The molecule has 41 heavy (non-hydrogen) atoms. The van der Waals surface area contributed by atoms with E-state index in [0.717, 1.165) is 53.7 Å². The quantitative estimate of drug-likeness (QED) is 0.172. The maximum Gasteiger partial charge on any atom is 0.241 e.